The van der Waals surface area contributed by atoms with Crippen molar-refractivity contribution in [1.82, 2.24) is 0 Å². The van der Waals surface area contributed by atoms with Crippen molar-refractivity contribution < 1.29 is 8.97 Å². The van der Waals surface area contributed by atoms with Crippen LogP contribution in [0.2, 0.25) is 0 Å². The lowest BCUT2D eigenvalue weighted by molar-refractivity contribution is -0.925. The molecule has 0 amide bonds. The summed E-state index contributed by atoms with van der Waals surface area (Å²) in [5, 5.41) is 0. The van der Waals surface area contributed by atoms with Gasteiger partial charge in [0.2, 0.25) is 0 Å². The number of benzene rings is 1. The van der Waals surface area contributed by atoms with Gasteiger partial charge in [-0.25, -0.2) is 0 Å². The molecule has 24 heavy (non-hydrogen) atoms. The Kier molecular flexibility index (Phi) is 5.99. The Morgan fingerprint density at radius 1 is 0.583 bits per heavy atom. The predicted octanol–water partition coefficient (Wildman–Crippen LogP) is 4.73. The molecule has 1 aromatic carbocycles. The maximum atomic E-state index is 2.49. The van der Waals surface area contributed by atoms with Crippen molar-refractivity contribution in [1.29, 1.82) is 0 Å². The van der Waals surface area contributed by atoms with Crippen LogP contribution in [-0.4, -0.2) is 49.2 Å². The van der Waals surface area contributed by atoms with Gasteiger partial charge in [0.05, 0.1) is 40.3 Å². The fourth-order valence-electron chi connectivity index (χ4n) is 4.91. The Labute approximate surface area is 149 Å². The molecule has 1 aromatic rings. The van der Waals surface area contributed by atoms with Crippen LogP contribution in [0, 0.1) is 0 Å². The first-order valence-electron chi connectivity index (χ1n) is 10.3. The molecule has 2 aliphatic rings. The van der Waals surface area contributed by atoms with E-state index >= 15 is 0 Å². The van der Waals surface area contributed by atoms with Gasteiger partial charge < -0.3 is 8.97 Å². The molecule has 0 aliphatic carbocycles. The molecule has 0 radical (unpaired) electrons. The molecule has 134 valence electrons. The van der Waals surface area contributed by atoms with Crippen LogP contribution in [0.15, 0.2) is 24.3 Å². The first-order valence-corrected chi connectivity index (χ1v) is 10.3. The van der Waals surface area contributed by atoms with E-state index in [4.69, 9.17) is 0 Å². The minimum Gasteiger partial charge on any atom is -0.322 e. The summed E-state index contributed by atoms with van der Waals surface area (Å²) in [5.41, 5.74) is 3.23. The number of quaternary nitrogens is 2. The minimum absolute atomic E-state index is 1.23. The summed E-state index contributed by atoms with van der Waals surface area (Å²) in [6, 6.07) is 9.33. The number of hydrogen-bond donors (Lipinski definition) is 0. The maximum absolute atomic E-state index is 2.49. The van der Waals surface area contributed by atoms with Gasteiger partial charge in [-0.05, 0) is 51.4 Å². The topological polar surface area (TPSA) is 0 Å². The lowest BCUT2D eigenvalue weighted by Crippen LogP contribution is -2.46. The van der Waals surface area contributed by atoms with Crippen LogP contribution in [0.4, 0.5) is 0 Å². The van der Waals surface area contributed by atoms with Crippen molar-refractivity contribution in [2.75, 3.05) is 40.3 Å². The Morgan fingerprint density at radius 2 is 0.917 bits per heavy atom. The summed E-state index contributed by atoms with van der Waals surface area (Å²) in [6.07, 6.45) is 11.4. The molecular formula is C22H38N2+2. The number of nitrogens with zero attached hydrogens (tertiary/aromatic N) is 2. The monoisotopic (exact) mass is 330 g/mol. The van der Waals surface area contributed by atoms with E-state index in [1.807, 2.05) is 0 Å². The zero-order valence-electron chi connectivity index (χ0n) is 16.1. The first-order chi connectivity index (χ1) is 11.6. The molecule has 0 spiro atoms. The van der Waals surface area contributed by atoms with Crippen LogP contribution in [-0.2, 0) is 13.1 Å². The van der Waals surface area contributed by atoms with Gasteiger partial charge in [0, 0.05) is 11.1 Å². The highest BCUT2D eigenvalue weighted by Gasteiger charge is 2.28. The molecule has 0 unspecified atom stereocenters. The largest absolute Gasteiger partial charge is 0.322 e. The molecule has 0 N–H and O–H groups in total. The van der Waals surface area contributed by atoms with Gasteiger partial charge in [0.1, 0.15) is 13.1 Å². The van der Waals surface area contributed by atoms with Gasteiger partial charge in [-0.15, -0.1) is 0 Å². The van der Waals surface area contributed by atoms with E-state index in [-0.39, 0.29) is 0 Å². The van der Waals surface area contributed by atoms with E-state index in [9.17, 15) is 0 Å². The third kappa shape index (κ3) is 4.83. The number of rotatable bonds is 4. The van der Waals surface area contributed by atoms with Crippen molar-refractivity contribution in [2.24, 2.45) is 0 Å². The van der Waals surface area contributed by atoms with Crippen LogP contribution in [0.3, 0.4) is 0 Å². The Balaban J connectivity index is 1.74. The van der Waals surface area contributed by atoms with Crippen molar-refractivity contribution in [2.45, 2.75) is 64.5 Å². The molecule has 2 aliphatic heterocycles. The molecular weight excluding hydrogens is 292 g/mol. The molecule has 2 fully saturated rings. The number of hydrogen-bond acceptors (Lipinski definition) is 0. The molecule has 2 heterocycles. The van der Waals surface area contributed by atoms with Crippen LogP contribution in [0.25, 0.3) is 0 Å². The molecule has 3 rings (SSSR count). The van der Waals surface area contributed by atoms with Gasteiger partial charge in [-0.2, -0.15) is 0 Å². The maximum Gasteiger partial charge on any atom is 0.105 e. The molecule has 0 bridgehead atoms. The van der Waals surface area contributed by atoms with Crippen LogP contribution in [0.5, 0.6) is 0 Å². The molecule has 0 aromatic heterocycles. The molecule has 0 saturated carbocycles. The van der Waals surface area contributed by atoms with E-state index < -0.39 is 0 Å². The van der Waals surface area contributed by atoms with Gasteiger partial charge in [-0.1, -0.05) is 24.3 Å². The molecule has 0 atom stereocenters. The Bertz CT molecular complexity index is 459. The summed E-state index contributed by atoms with van der Waals surface area (Å²) in [6.45, 7) is 7.91. The zero-order chi connectivity index (χ0) is 16.9. The van der Waals surface area contributed by atoms with E-state index in [0.717, 1.165) is 0 Å². The fraction of sp³-hybridized carbons (Fsp3) is 0.727. The van der Waals surface area contributed by atoms with E-state index in [2.05, 4.69) is 38.4 Å². The van der Waals surface area contributed by atoms with Gasteiger partial charge in [0.15, 0.2) is 0 Å². The average molecular weight is 331 g/mol. The molecule has 2 nitrogen and oxygen atoms in total. The van der Waals surface area contributed by atoms with Crippen molar-refractivity contribution in [3.63, 3.8) is 0 Å². The Morgan fingerprint density at radius 3 is 1.25 bits per heavy atom. The second-order valence-electron chi connectivity index (χ2n) is 9.05. The SMILES string of the molecule is C[N+]1(Cc2ccccc2C[N+]2(C)CCCCCC2)CCCCCC1. The number of likely N-dealkylation sites (tertiary alicyclic amines) is 2. The van der Waals surface area contributed by atoms with Crippen LogP contribution < -0.4 is 0 Å². The van der Waals surface area contributed by atoms with Gasteiger partial charge in [0.25, 0.3) is 0 Å². The molecule has 2 heteroatoms. The van der Waals surface area contributed by atoms with E-state index in [0.29, 0.717) is 0 Å². The Hall–Kier alpha value is -0.860. The quantitative estimate of drug-likeness (QED) is 0.700. The minimum atomic E-state index is 1.23. The summed E-state index contributed by atoms with van der Waals surface area (Å²) in [5.74, 6) is 0. The highest BCUT2D eigenvalue weighted by molar-refractivity contribution is 5.25. The normalized spacial score (nSPS) is 24.1. The van der Waals surface area contributed by atoms with Crippen molar-refractivity contribution in [3.8, 4) is 0 Å². The summed E-state index contributed by atoms with van der Waals surface area (Å²) >= 11 is 0. The lowest BCUT2D eigenvalue weighted by Gasteiger charge is -2.36. The second kappa shape index (κ2) is 8.01. The van der Waals surface area contributed by atoms with E-state index in [1.54, 1.807) is 11.1 Å². The predicted molar refractivity (Wildman–Crippen MR) is 103 cm³/mol. The van der Waals surface area contributed by atoms with Crippen LogP contribution >= 0.6 is 0 Å². The highest BCUT2D eigenvalue weighted by atomic mass is 15.3. The van der Waals surface area contributed by atoms with Crippen molar-refractivity contribution >= 4 is 0 Å². The third-order valence-electron chi connectivity index (χ3n) is 6.51. The second-order valence-corrected chi connectivity index (χ2v) is 9.05. The summed E-state index contributed by atoms with van der Waals surface area (Å²) in [4.78, 5) is 0. The van der Waals surface area contributed by atoms with Crippen LogP contribution in [0.1, 0.15) is 62.5 Å². The first kappa shape index (κ1) is 17.9. The van der Waals surface area contributed by atoms with Gasteiger partial charge >= 0.3 is 0 Å². The highest BCUT2D eigenvalue weighted by Crippen LogP contribution is 2.25. The average Bonchev–Trinajstić information content (AvgIpc) is 2.90. The summed E-state index contributed by atoms with van der Waals surface area (Å²) in [7, 11) is 4.98. The fourth-order valence-corrected chi connectivity index (χ4v) is 4.91. The van der Waals surface area contributed by atoms with E-state index in [1.165, 1.54) is 99.6 Å². The summed E-state index contributed by atoms with van der Waals surface area (Å²) < 4.78 is 2.50. The molecule has 2 saturated heterocycles. The lowest BCUT2D eigenvalue weighted by atomic mass is 10.0. The standard InChI is InChI=1S/C22H38N2/c1-23(15-9-3-4-10-16-23)19-21-13-7-8-14-22(21)20-24(2)17-11-5-6-12-18-24/h7-8,13-14H,3-6,9-12,15-20H2,1-2H3/q+2. The van der Waals surface area contributed by atoms with Crippen molar-refractivity contribution in [3.05, 3.63) is 35.4 Å². The zero-order valence-corrected chi connectivity index (χ0v) is 16.1. The van der Waals surface area contributed by atoms with Gasteiger partial charge in [-0.3, -0.25) is 0 Å². The third-order valence-corrected chi connectivity index (χ3v) is 6.51. The smallest absolute Gasteiger partial charge is 0.105 e.